The van der Waals surface area contributed by atoms with Crippen molar-refractivity contribution in [2.45, 2.75) is 39.0 Å². The molecule has 0 saturated heterocycles. The van der Waals surface area contributed by atoms with Crippen LogP contribution in [0.5, 0.6) is 0 Å². The number of rotatable bonds is 9. The minimum atomic E-state index is 0.0857. The van der Waals surface area contributed by atoms with E-state index in [2.05, 4.69) is 19.2 Å². The van der Waals surface area contributed by atoms with E-state index in [1.165, 1.54) is 0 Å². The van der Waals surface area contributed by atoms with Crippen LogP contribution in [0.4, 0.5) is 0 Å². The standard InChI is InChI=1S/C11H25NO3/c1-9(2)12-6-11(8-14-5)15-10(3)7-13-4/h9-12H,6-8H2,1-5H3. The predicted molar refractivity (Wildman–Crippen MR) is 61.2 cm³/mol. The summed E-state index contributed by atoms with van der Waals surface area (Å²) in [4.78, 5) is 0. The molecule has 15 heavy (non-hydrogen) atoms. The lowest BCUT2D eigenvalue weighted by Gasteiger charge is -2.23. The third-order valence-electron chi connectivity index (χ3n) is 1.93. The Morgan fingerprint density at radius 2 is 1.60 bits per heavy atom. The van der Waals surface area contributed by atoms with Crippen molar-refractivity contribution in [2.75, 3.05) is 34.0 Å². The quantitative estimate of drug-likeness (QED) is 0.629. The molecule has 0 aromatic carbocycles. The summed E-state index contributed by atoms with van der Waals surface area (Å²) in [5, 5.41) is 3.33. The second kappa shape index (κ2) is 9.09. The first-order valence-corrected chi connectivity index (χ1v) is 5.46. The van der Waals surface area contributed by atoms with Crippen molar-refractivity contribution >= 4 is 0 Å². The Hall–Kier alpha value is -0.160. The molecular formula is C11H25NO3. The number of hydrogen-bond donors (Lipinski definition) is 1. The molecule has 0 rings (SSSR count). The highest BCUT2D eigenvalue weighted by molar-refractivity contribution is 4.65. The predicted octanol–water partition coefficient (Wildman–Crippen LogP) is 1.05. The number of nitrogens with one attached hydrogen (secondary N) is 1. The van der Waals surface area contributed by atoms with Gasteiger partial charge >= 0.3 is 0 Å². The molecule has 0 aromatic rings. The van der Waals surface area contributed by atoms with E-state index in [9.17, 15) is 0 Å². The zero-order valence-electron chi connectivity index (χ0n) is 10.6. The first-order valence-electron chi connectivity index (χ1n) is 5.46. The number of hydrogen-bond acceptors (Lipinski definition) is 4. The van der Waals surface area contributed by atoms with E-state index in [1.54, 1.807) is 14.2 Å². The lowest BCUT2D eigenvalue weighted by atomic mass is 10.3. The molecule has 0 saturated carbocycles. The Kier molecular flexibility index (Phi) is 9.00. The molecule has 0 spiro atoms. The van der Waals surface area contributed by atoms with Gasteiger partial charge in [0, 0.05) is 26.8 Å². The normalized spacial score (nSPS) is 15.6. The van der Waals surface area contributed by atoms with E-state index in [0.29, 0.717) is 19.3 Å². The second-order valence-corrected chi connectivity index (χ2v) is 4.04. The summed E-state index contributed by atoms with van der Waals surface area (Å²) in [7, 11) is 3.37. The van der Waals surface area contributed by atoms with Crippen LogP contribution in [0, 0.1) is 0 Å². The first kappa shape index (κ1) is 14.8. The third kappa shape index (κ3) is 8.81. The maximum Gasteiger partial charge on any atom is 0.0937 e. The zero-order valence-corrected chi connectivity index (χ0v) is 10.6. The van der Waals surface area contributed by atoms with Crippen molar-refractivity contribution in [1.29, 1.82) is 0 Å². The Morgan fingerprint density at radius 1 is 1.00 bits per heavy atom. The maximum atomic E-state index is 5.77. The van der Waals surface area contributed by atoms with Gasteiger partial charge in [-0.15, -0.1) is 0 Å². The molecule has 0 heterocycles. The minimum absolute atomic E-state index is 0.0857. The highest BCUT2D eigenvalue weighted by Gasteiger charge is 2.13. The van der Waals surface area contributed by atoms with Gasteiger partial charge in [-0.1, -0.05) is 13.8 Å². The van der Waals surface area contributed by atoms with Crippen LogP contribution in [0.1, 0.15) is 20.8 Å². The van der Waals surface area contributed by atoms with E-state index in [1.807, 2.05) is 6.92 Å². The van der Waals surface area contributed by atoms with Crippen molar-refractivity contribution < 1.29 is 14.2 Å². The van der Waals surface area contributed by atoms with Crippen molar-refractivity contribution in [3.8, 4) is 0 Å². The van der Waals surface area contributed by atoms with Crippen LogP contribution in [0.15, 0.2) is 0 Å². The lowest BCUT2D eigenvalue weighted by molar-refractivity contribution is -0.0646. The smallest absolute Gasteiger partial charge is 0.0937 e. The SMILES string of the molecule is COCC(C)OC(CNC(C)C)COC. The largest absolute Gasteiger partial charge is 0.382 e. The van der Waals surface area contributed by atoms with Crippen LogP contribution in [0.3, 0.4) is 0 Å². The Balaban J connectivity index is 3.80. The van der Waals surface area contributed by atoms with Gasteiger partial charge in [0.25, 0.3) is 0 Å². The van der Waals surface area contributed by atoms with Gasteiger partial charge in [0.1, 0.15) is 0 Å². The fourth-order valence-electron chi connectivity index (χ4n) is 1.30. The topological polar surface area (TPSA) is 39.7 Å². The van der Waals surface area contributed by atoms with Gasteiger partial charge in [0.05, 0.1) is 25.4 Å². The van der Waals surface area contributed by atoms with Gasteiger partial charge in [-0.05, 0) is 6.92 Å². The van der Waals surface area contributed by atoms with Crippen molar-refractivity contribution in [3.05, 3.63) is 0 Å². The first-order chi connectivity index (χ1) is 7.10. The number of ether oxygens (including phenoxy) is 3. The van der Waals surface area contributed by atoms with Gasteiger partial charge in [0.15, 0.2) is 0 Å². The maximum absolute atomic E-state index is 5.77. The molecule has 0 amide bonds. The van der Waals surface area contributed by atoms with Gasteiger partial charge in [-0.25, -0.2) is 0 Å². The summed E-state index contributed by atoms with van der Waals surface area (Å²) in [6.07, 6.45) is 0.187. The molecule has 4 heteroatoms. The Bertz CT molecular complexity index is 142. The van der Waals surface area contributed by atoms with E-state index in [4.69, 9.17) is 14.2 Å². The molecule has 0 aliphatic rings. The molecule has 4 nitrogen and oxygen atoms in total. The molecule has 1 N–H and O–H groups in total. The van der Waals surface area contributed by atoms with Gasteiger partial charge in [-0.2, -0.15) is 0 Å². The van der Waals surface area contributed by atoms with Crippen LogP contribution >= 0.6 is 0 Å². The van der Waals surface area contributed by atoms with E-state index in [0.717, 1.165) is 6.54 Å². The van der Waals surface area contributed by atoms with Crippen molar-refractivity contribution in [2.24, 2.45) is 0 Å². The molecule has 0 aliphatic heterocycles. The van der Waals surface area contributed by atoms with E-state index in [-0.39, 0.29) is 12.2 Å². The Labute approximate surface area is 93.3 Å². The van der Waals surface area contributed by atoms with Gasteiger partial charge < -0.3 is 19.5 Å². The van der Waals surface area contributed by atoms with Gasteiger partial charge in [-0.3, -0.25) is 0 Å². The lowest BCUT2D eigenvalue weighted by Crippen LogP contribution is -2.38. The molecular weight excluding hydrogens is 194 g/mol. The minimum Gasteiger partial charge on any atom is -0.382 e. The fourth-order valence-corrected chi connectivity index (χ4v) is 1.30. The number of methoxy groups -OCH3 is 2. The molecule has 0 fully saturated rings. The summed E-state index contributed by atoms with van der Waals surface area (Å²) in [6, 6.07) is 0.464. The van der Waals surface area contributed by atoms with Crippen molar-refractivity contribution in [3.63, 3.8) is 0 Å². The Morgan fingerprint density at radius 3 is 2.07 bits per heavy atom. The van der Waals surface area contributed by atoms with Crippen LogP contribution < -0.4 is 5.32 Å². The molecule has 0 aromatic heterocycles. The highest BCUT2D eigenvalue weighted by Crippen LogP contribution is 1.99. The van der Waals surface area contributed by atoms with Crippen LogP contribution in [-0.2, 0) is 14.2 Å². The van der Waals surface area contributed by atoms with E-state index < -0.39 is 0 Å². The molecule has 2 atom stereocenters. The monoisotopic (exact) mass is 219 g/mol. The molecule has 0 aliphatic carbocycles. The average Bonchev–Trinajstić information content (AvgIpc) is 2.15. The van der Waals surface area contributed by atoms with Gasteiger partial charge in [0.2, 0.25) is 0 Å². The second-order valence-electron chi connectivity index (χ2n) is 4.04. The zero-order chi connectivity index (χ0) is 11.7. The van der Waals surface area contributed by atoms with Crippen LogP contribution in [-0.4, -0.2) is 52.2 Å². The van der Waals surface area contributed by atoms with Crippen molar-refractivity contribution in [1.82, 2.24) is 5.32 Å². The van der Waals surface area contributed by atoms with Crippen LogP contribution in [0.2, 0.25) is 0 Å². The van der Waals surface area contributed by atoms with Crippen LogP contribution in [0.25, 0.3) is 0 Å². The van der Waals surface area contributed by atoms with E-state index >= 15 is 0 Å². The molecule has 92 valence electrons. The fraction of sp³-hybridized carbons (Fsp3) is 1.00. The summed E-state index contributed by atoms with van der Waals surface area (Å²) < 4.78 is 15.9. The molecule has 2 unspecified atom stereocenters. The average molecular weight is 219 g/mol. The summed E-state index contributed by atoms with van der Waals surface area (Å²) in [6.45, 7) is 8.25. The summed E-state index contributed by atoms with van der Waals surface area (Å²) in [5.74, 6) is 0. The highest BCUT2D eigenvalue weighted by atomic mass is 16.6. The summed E-state index contributed by atoms with van der Waals surface area (Å²) in [5.41, 5.74) is 0. The molecule has 0 radical (unpaired) electrons. The molecule has 0 bridgehead atoms. The summed E-state index contributed by atoms with van der Waals surface area (Å²) >= 11 is 0. The third-order valence-corrected chi connectivity index (χ3v) is 1.93.